The first-order valence-corrected chi connectivity index (χ1v) is 9.82. The van der Waals surface area contributed by atoms with Crippen LogP contribution in [0, 0.1) is 5.92 Å². The third-order valence-electron chi connectivity index (χ3n) is 4.24. The zero-order valence-corrected chi connectivity index (χ0v) is 13.8. The van der Waals surface area contributed by atoms with E-state index in [1.54, 1.807) is 17.5 Å². The van der Waals surface area contributed by atoms with Gasteiger partial charge in [-0.15, -0.1) is 11.3 Å². The van der Waals surface area contributed by atoms with E-state index in [0.717, 1.165) is 6.54 Å². The van der Waals surface area contributed by atoms with Crippen LogP contribution >= 0.6 is 11.3 Å². The average Bonchev–Trinajstić information content (AvgIpc) is 3.02. The topological polar surface area (TPSA) is 86.7 Å². The smallest absolute Gasteiger partial charge is 0.317 e. The quantitative estimate of drug-likeness (QED) is 0.743. The number of nitrogens with zero attached hydrogens (tertiary/aromatic N) is 1. The number of carbonyl (C=O) groups is 1. The first kappa shape index (κ1) is 15.9. The van der Waals surface area contributed by atoms with Crippen molar-refractivity contribution >= 4 is 27.3 Å². The minimum atomic E-state index is -3.43. The monoisotopic (exact) mass is 344 g/mol. The van der Waals surface area contributed by atoms with Crippen molar-refractivity contribution in [1.29, 1.82) is 0 Å². The van der Waals surface area contributed by atoms with Crippen molar-refractivity contribution in [2.75, 3.05) is 13.1 Å². The van der Waals surface area contributed by atoms with Gasteiger partial charge in [-0.1, -0.05) is 6.07 Å². The highest BCUT2D eigenvalue weighted by Crippen LogP contribution is 2.34. The van der Waals surface area contributed by atoms with Gasteiger partial charge < -0.3 is 5.11 Å². The molecule has 1 aromatic rings. The minimum absolute atomic E-state index is 0.0472. The van der Waals surface area contributed by atoms with E-state index in [1.165, 1.54) is 24.2 Å². The number of aliphatic carboxylic acids is 1. The molecule has 6 nitrogen and oxygen atoms in total. The first-order chi connectivity index (χ1) is 10.4. The van der Waals surface area contributed by atoms with Crippen LogP contribution < -0.4 is 4.72 Å². The third kappa shape index (κ3) is 3.87. The van der Waals surface area contributed by atoms with Gasteiger partial charge in [0.15, 0.2) is 0 Å². The van der Waals surface area contributed by atoms with Crippen molar-refractivity contribution in [3.05, 3.63) is 17.5 Å². The van der Waals surface area contributed by atoms with Crippen LogP contribution in [0.1, 0.15) is 25.7 Å². The summed E-state index contributed by atoms with van der Waals surface area (Å²) in [6.45, 7) is 0.868. The van der Waals surface area contributed by atoms with Gasteiger partial charge in [0.2, 0.25) is 10.0 Å². The van der Waals surface area contributed by atoms with Crippen LogP contribution in [0.4, 0.5) is 0 Å². The molecule has 0 bridgehead atoms. The fourth-order valence-corrected chi connectivity index (χ4v) is 5.10. The molecule has 22 heavy (non-hydrogen) atoms. The maximum atomic E-state index is 12.1. The van der Waals surface area contributed by atoms with Gasteiger partial charge in [-0.2, -0.15) is 0 Å². The standard InChI is InChI=1S/C14H20N2O4S2/c17-13(18)9-16(8-10-3-4-10)12-6-11(7-12)15-22(19,20)14-2-1-5-21-14/h1-2,5,10-12,15H,3-4,6-9H2,(H,17,18). The van der Waals surface area contributed by atoms with E-state index < -0.39 is 16.0 Å². The molecule has 0 unspecified atom stereocenters. The van der Waals surface area contributed by atoms with Crippen molar-refractivity contribution in [1.82, 2.24) is 9.62 Å². The van der Waals surface area contributed by atoms with Gasteiger partial charge in [0, 0.05) is 18.6 Å². The van der Waals surface area contributed by atoms with Crippen LogP contribution in [0.3, 0.4) is 0 Å². The second-order valence-corrected chi connectivity index (χ2v) is 9.03. The third-order valence-corrected chi connectivity index (χ3v) is 7.16. The summed E-state index contributed by atoms with van der Waals surface area (Å²) in [5.74, 6) is -0.190. The Morgan fingerprint density at radius 2 is 2.14 bits per heavy atom. The van der Waals surface area contributed by atoms with Crippen LogP contribution in [-0.4, -0.2) is 49.6 Å². The highest BCUT2D eigenvalue weighted by Gasteiger charge is 2.38. The average molecular weight is 344 g/mol. The summed E-state index contributed by atoms with van der Waals surface area (Å²) in [5, 5.41) is 10.7. The Hall–Kier alpha value is -0.960. The van der Waals surface area contributed by atoms with Crippen LogP contribution in [0.15, 0.2) is 21.7 Å². The molecule has 0 radical (unpaired) electrons. The van der Waals surface area contributed by atoms with E-state index in [1.807, 2.05) is 4.90 Å². The van der Waals surface area contributed by atoms with E-state index in [2.05, 4.69) is 4.72 Å². The van der Waals surface area contributed by atoms with Crippen LogP contribution in [-0.2, 0) is 14.8 Å². The molecule has 0 atom stereocenters. The number of nitrogens with one attached hydrogen (secondary N) is 1. The largest absolute Gasteiger partial charge is 0.480 e. The van der Waals surface area contributed by atoms with Gasteiger partial charge in [0.05, 0.1) is 6.54 Å². The van der Waals surface area contributed by atoms with Crippen LogP contribution in [0.2, 0.25) is 0 Å². The molecular weight excluding hydrogens is 324 g/mol. The first-order valence-electron chi connectivity index (χ1n) is 7.46. The van der Waals surface area contributed by atoms with E-state index in [4.69, 9.17) is 5.11 Å². The molecule has 0 aliphatic heterocycles. The number of hydrogen-bond acceptors (Lipinski definition) is 5. The summed E-state index contributed by atoms with van der Waals surface area (Å²) in [4.78, 5) is 13.0. The predicted molar refractivity (Wildman–Crippen MR) is 83.4 cm³/mol. The Labute approximate surface area is 134 Å². The number of thiophene rings is 1. The molecule has 1 aromatic heterocycles. The maximum Gasteiger partial charge on any atom is 0.317 e. The summed E-state index contributed by atoms with van der Waals surface area (Å²) < 4.78 is 27.3. The summed E-state index contributed by atoms with van der Waals surface area (Å²) in [6.07, 6.45) is 3.73. The predicted octanol–water partition coefficient (Wildman–Crippen LogP) is 1.35. The molecule has 2 aliphatic rings. The molecule has 0 saturated heterocycles. The maximum absolute atomic E-state index is 12.1. The van der Waals surface area contributed by atoms with Gasteiger partial charge in [-0.05, 0) is 43.0 Å². The lowest BCUT2D eigenvalue weighted by Crippen LogP contribution is -2.55. The highest BCUT2D eigenvalue weighted by molar-refractivity contribution is 7.91. The van der Waals surface area contributed by atoms with E-state index in [9.17, 15) is 13.2 Å². The number of hydrogen-bond donors (Lipinski definition) is 2. The molecule has 122 valence electrons. The summed E-state index contributed by atoms with van der Waals surface area (Å²) in [6, 6.07) is 3.39. The lowest BCUT2D eigenvalue weighted by atomic mass is 9.86. The molecule has 2 saturated carbocycles. The number of sulfonamides is 1. The lowest BCUT2D eigenvalue weighted by Gasteiger charge is -2.42. The van der Waals surface area contributed by atoms with E-state index in [-0.39, 0.29) is 18.6 Å². The van der Waals surface area contributed by atoms with Crippen molar-refractivity contribution in [2.45, 2.75) is 42.0 Å². The summed E-state index contributed by atoms with van der Waals surface area (Å²) in [7, 11) is -3.43. The van der Waals surface area contributed by atoms with E-state index >= 15 is 0 Å². The Balaban J connectivity index is 1.52. The van der Waals surface area contributed by atoms with Crippen molar-refractivity contribution in [3.8, 4) is 0 Å². The lowest BCUT2D eigenvalue weighted by molar-refractivity contribution is -0.139. The van der Waals surface area contributed by atoms with E-state index in [0.29, 0.717) is 23.0 Å². The molecule has 3 rings (SSSR count). The molecule has 0 aromatic carbocycles. The molecule has 0 spiro atoms. The van der Waals surface area contributed by atoms with Gasteiger partial charge in [-0.3, -0.25) is 9.69 Å². The second-order valence-electron chi connectivity index (χ2n) is 6.14. The van der Waals surface area contributed by atoms with Crippen LogP contribution in [0.25, 0.3) is 0 Å². The van der Waals surface area contributed by atoms with Crippen molar-refractivity contribution in [2.24, 2.45) is 5.92 Å². The zero-order chi connectivity index (χ0) is 15.7. The fourth-order valence-electron chi connectivity index (χ4n) is 2.82. The zero-order valence-electron chi connectivity index (χ0n) is 12.1. The molecule has 1 heterocycles. The normalized spacial score (nSPS) is 25.1. The highest BCUT2D eigenvalue weighted by atomic mass is 32.2. The fraction of sp³-hybridized carbons (Fsp3) is 0.643. The minimum Gasteiger partial charge on any atom is -0.480 e. The van der Waals surface area contributed by atoms with Gasteiger partial charge in [-0.25, -0.2) is 13.1 Å². The Morgan fingerprint density at radius 1 is 1.41 bits per heavy atom. The molecule has 2 N–H and O–H groups in total. The van der Waals surface area contributed by atoms with Gasteiger partial charge in [0.1, 0.15) is 4.21 Å². The molecule has 8 heteroatoms. The van der Waals surface area contributed by atoms with Crippen molar-refractivity contribution < 1.29 is 18.3 Å². The number of carboxylic acids is 1. The van der Waals surface area contributed by atoms with Crippen LogP contribution in [0.5, 0.6) is 0 Å². The Morgan fingerprint density at radius 3 is 2.68 bits per heavy atom. The Kier molecular flexibility index (Phi) is 4.54. The summed E-state index contributed by atoms with van der Waals surface area (Å²) in [5.41, 5.74) is 0. The summed E-state index contributed by atoms with van der Waals surface area (Å²) >= 11 is 1.20. The van der Waals surface area contributed by atoms with Crippen molar-refractivity contribution in [3.63, 3.8) is 0 Å². The number of carboxylic acid groups (broad SMARTS) is 1. The Bertz CT molecular complexity index is 619. The molecule has 2 aliphatic carbocycles. The molecule has 2 fully saturated rings. The molecular formula is C14H20N2O4S2. The number of rotatable bonds is 8. The second kappa shape index (κ2) is 6.27. The molecule has 0 amide bonds. The van der Waals surface area contributed by atoms with Gasteiger partial charge >= 0.3 is 5.97 Å². The SMILES string of the molecule is O=C(O)CN(CC1CC1)C1CC(NS(=O)(=O)c2cccs2)C1. The van der Waals surface area contributed by atoms with Gasteiger partial charge in [0.25, 0.3) is 0 Å².